The molecule has 4 heterocycles. The van der Waals surface area contributed by atoms with Crippen LogP contribution in [-0.4, -0.2) is 59.0 Å². The third kappa shape index (κ3) is 4.36. The van der Waals surface area contributed by atoms with Gasteiger partial charge < -0.3 is 15.4 Å². The lowest BCUT2D eigenvalue weighted by Gasteiger charge is -2.36. The zero-order chi connectivity index (χ0) is 25.6. The average molecular weight is 512 g/mol. The molecule has 5 rings (SSSR count). The molecular weight excluding hydrogens is 482 g/mol. The van der Waals surface area contributed by atoms with E-state index in [4.69, 9.17) is 10.5 Å². The summed E-state index contributed by atoms with van der Waals surface area (Å²) >= 11 is 0. The molecule has 1 aromatic carbocycles. The number of amidine groups is 1. The van der Waals surface area contributed by atoms with Crippen LogP contribution in [0.15, 0.2) is 34.9 Å². The fourth-order valence-electron chi connectivity index (χ4n) is 4.82. The Hall–Kier alpha value is -3.67. The molecule has 0 saturated carbocycles. The van der Waals surface area contributed by atoms with Crippen LogP contribution >= 0.6 is 0 Å². The summed E-state index contributed by atoms with van der Waals surface area (Å²) in [6.45, 7) is 6.79. The maximum atomic E-state index is 13.8. The largest absolute Gasteiger partial charge is 0.491 e. The first-order valence-electron chi connectivity index (χ1n) is 11.9. The van der Waals surface area contributed by atoms with Crippen LogP contribution in [0, 0.1) is 6.92 Å². The molecule has 0 spiro atoms. The fourth-order valence-corrected chi connectivity index (χ4v) is 5.66. The molecule has 11 nitrogen and oxygen atoms in total. The van der Waals surface area contributed by atoms with Gasteiger partial charge in [0.1, 0.15) is 12.4 Å². The topological polar surface area (TPSA) is 145 Å². The van der Waals surface area contributed by atoms with E-state index in [-0.39, 0.29) is 30.4 Å². The SMILES string of the molecule is Cc1cc(C(=O)N2CCCC[C@@H]2COc2cccc3c2C(N)=NS(=O)(=O)N3)c2cnn(C(C)C)c2n1. The number of hydrogen-bond donors (Lipinski definition) is 2. The van der Waals surface area contributed by atoms with Gasteiger partial charge in [-0.1, -0.05) is 6.07 Å². The van der Waals surface area contributed by atoms with Gasteiger partial charge in [0.05, 0.1) is 34.4 Å². The first kappa shape index (κ1) is 24.0. The second kappa shape index (κ2) is 9.08. The van der Waals surface area contributed by atoms with Crippen LogP contribution in [0.2, 0.25) is 0 Å². The number of amides is 1. The van der Waals surface area contributed by atoms with Crippen molar-refractivity contribution in [1.29, 1.82) is 0 Å². The maximum Gasteiger partial charge on any atom is 0.344 e. The Kier molecular flexibility index (Phi) is 6.07. The van der Waals surface area contributed by atoms with Crippen LogP contribution in [0.4, 0.5) is 5.69 Å². The molecule has 0 radical (unpaired) electrons. The molecule has 2 aromatic heterocycles. The number of hydrogen-bond acceptors (Lipinski definition) is 7. The van der Waals surface area contributed by atoms with E-state index >= 15 is 0 Å². The van der Waals surface area contributed by atoms with E-state index < -0.39 is 10.2 Å². The Morgan fingerprint density at radius 2 is 2.11 bits per heavy atom. The number of rotatable bonds is 5. The molecule has 12 heteroatoms. The average Bonchev–Trinajstić information content (AvgIpc) is 3.25. The number of carbonyl (C=O) groups excluding carboxylic acids is 1. The van der Waals surface area contributed by atoms with Crippen LogP contribution in [0.5, 0.6) is 5.75 Å². The smallest absolute Gasteiger partial charge is 0.344 e. The molecule has 0 unspecified atom stereocenters. The van der Waals surface area contributed by atoms with Gasteiger partial charge in [-0.25, -0.2) is 9.67 Å². The second-order valence-corrected chi connectivity index (χ2v) is 10.8. The van der Waals surface area contributed by atoms with Gasteiger partial charge in [0, 0.05) is 18.3 Å². The van der Waals surface area contributed by atoms with E-state index in [0.717, 1.165) is 30.3 Å². The molecule has 0 aliphatic carbocycles. The Balaban J connectivity index is 1.42. The lowest BCUT2D eigenvalue weighted by Crippen LogP contribution is -2.46. The van der Waals surface area contributed by atoms with Crippen molar-refractivity contribution in [3.8, 4) is 5.75 Å². The summed E-state index contributed by atoms with van der Waals surface area (Å²) in [4.78, 5) is 20.3. The Morgan fingerprint density at radius 3 is 2.89 bits per heavy atom. The molecule has 2 aliphatic heterocycles. The predicted molar refractivity (Wildman–Crippen MR) is 137 cm³/mol. The van der Waals surface area contributed by atoms with E-state index in [1.54, 1.807) is 24.4 Å². The number of nitrogens with zero attached hydrogens (tertiary/aromatic N) is 5. The van der Waals surface area contributed by atoms with Gasteiger partial charge in [-0.3, -0.25) is 9.52 Å². The molecule has 2 aliphatic rings. The molecule has 36 heavy (non-hydrogen) atoms. The van der Waals surface area contributed by atoms with Gasteiger partial charge in [0.25, 0.3) is 5.91 Å². The minimum absolute atomic E-state index is 0.0777. The van der Waals surface area contributed by atoms with E-state index in [1.165, 1.54) is 0 Å². The number of nitrogens with one attached hydrogen (secondary N) is 1. The van der Waals surface area contributed by atoms with Crippen LogP contribution in [0.25, 0.3) is 11.0 Å². The molecule has 1 fully saturated rings. The van der Waals surface area contributed by atoms with Gasteiger partial charge in [0.15, 0.2) is 11.5 Å². The van der Waals surface area contributed by atoms with Gasteiger partial charge in [-0.15, -0.1) is 4.40 Å². The van der Waals surface area contributed by atoms with Crippen molar-refractivity contribution < 1.29 is 17.9 Å². The lowest BCUT2D eigenvalue weighted by molar-refractivity contribution is 0.0530. The number of anilines is 1. The molecule has 1 atom stereocenters. The third-order valence-corrected chi connectivity index (χ3v) is 7.39. The summed E-state index contributed by atoms with van der Waals surface area (Å²) in [5.41, 5.74) is 8.69. The summed E-state index contributed by atoms with van der Waals surface area (Å²) in [6, 6.07) is 6.78. The number of pyridine rings is 1. The molecule has 1 saturated heterocycles. The number of fused-ring (bicyclic) bond motifs is 2. The molecule has 1 amide bonds. The normalized spacial score (nSPS) is 19.1. The zero-order valence-corrected chi connectivity index (χ0v) is 21.2. The summed E-state index contributed by atoms with van der Waals surface area (Å²) in [7, 11) is -3.88. The van der Waals surface area contributed by atoms with E-state index in [9.17, 15) is 13.2 Å². The van der Waals surface area contributed by atoms with Crippen LogP contribution in [0.1, 0.15) is 60.8 Å². The monoisotopic (exact) mass is 511 g/mol. The zero-order valence-electron chi connectivity index (χ0n) is 20.4. The second-order valence-electron chi connectivity index (χ2n) is 9.42. The van der Waals surface area contributed by atoms with E-state index in [1.807, 2.05) is 36.4 Å². The third-order valence-electron chi connectivity index (χ3n) is 6.47. The van der Waals surface area contributed by atoms with Crippen molar-refractivity contribution in [2.75, 3.05) is 17.9 Å². The first-order chi connectivity index (χ1) is 17.1. The van der Waals surface area contributed by atoms with E-state index in [0.29, 0.717) is 34.8 Å². The highest BCUT2D eigenvalue weighted by Crippen LogP contribution is 2.32. The number of ether oxygens (including phenoxy) is 1. The lowest BCUT2D eigenvalue weighted by atomic mass is 10.0. The highest BCUT2D eigenvalue weighted by Gasteiger charge is 2.31. The minimum atomic E-state index is -3.88. The fraction of sp³-hybridized carbons (Fsp3) is 0.417. The minimum Gasteiger partial charge on any atom is -0.491 e. The van der Waals surface area contributed by atoms with Crippen molar-refractivity contribution in [3.05, 3.63) is 47.3 Å². The number of aromatic nitrogens is 3. The summed E-state index contributed by atoms with van der Waals surface area (Å²) in [6.07, 6.45) is 4.38. The summed E-state index contributed by atoms with van der Waals surface area (Å²) in [5.74, 6) is 0.202. The molecular formula is C24H29N7O4S. The maximum absolute atomic E-state index is 13.8. The Labute approximate surface area is 209 Å². The number of likely N-dealkylation sites (tertiary alicyclic amines) is 1. The Bertz CT molecular complexity index is 1480. The number of aryl methyl sites for hydroxylation is 1. The highest BCUT2D eigenvalue weighted by molar-refractivity contribution is 7.91. The molecule has 3 N–H and O–H groups in total. The van der Waals surface area contributed by atoms with Crippen molar-refractivity contribution in [1.82, 2.24) is 19.7 Å². The van der Waals surface area contributed by atoms with Gasteiger partial charge >= 0.3 is 10.2 Å². The number of benzene rings is 1. The highest BCUT2D eigenvalue weighted by atomic mass is 32.2. The molecule has 3 aromatic rings. The molecule has 190 valence electrons. The molecule has 0 bridgehead atoms. The van der Waals surface area contributed by atoms with Gasteiger partial charge in [-0.05, 0) is 58.2 Å². The quantitative estimate of drug-likeness (QED) is 0.536. The van der Waals surface area contributed by atoms with Crippen molar-refractivity contribution in [2.24, 2.45) is 10.1 Å². The van der Waals surface area contributed by atoms with Crippen molar-refractivity contribution >= 4 is 38.7 Å². The van der Waals surface area contributed by atoms with Crippen LogP contribution < -0.4 is 15.2 Å². The van der Waals surface area contributed by atoms with Crippen molar-refractivity contribution in [2.45, 2.75) is 52.1 Å². The van der Waals surface area contributed by atoms with Crippen LogP contribution in [-0.2, 0) is 10.2 Å². The van der Waals surface area contributed by atoms with Crippen LogP contribution in [0.3, 0.4) is 0 Å². The standard InChI is InChI=1S/C24H29N7O4S/c1-14(2)31-23-18(12-26-31)17(11-15(3)27-23)24(32)30-10-5-4-7-16(30)13-35-20-9-6-8-19-21(20)22(25)29-36(33,34)28-19/h6,8-9,11-12,14,16,28H,4-5,7,10,13H2,1-3H3,(H2,25,29)/t16-/m1/s1. The summed E-state index contributed by atoms with van der Waals surface area (Å²) < 4.78 is 37.6. The van der Waals surface area contributed by atoms with Crippen molar-refractivity contribution in [3.63, 3.8) is 0 Å². The number of carbonyl (C=O) groups is 1. The first-order valence-corrected chi connectivity index (χ1v) is 13.4. The number of nitrogens with two attached hydrogens (primary N) is 1. The predicted octanol–water partition coefficient (Wildman–Crippen LogP) is 2.77. The van der Waals surface area contributed by atoms with Gasteiger partial charge in [-0.2, -0.15) is 13.5 Å². The van der Waals surface area contributed by atoms with Gasteiger partial charge in [0.2, 0.25) is 0 Å². The Morgan fingerprint density at radius 1 is 1.31 bits per heavy atom. The van der Waals surface area contributed by atoms with E-state index in [2.05, 4.69) is 19.2 Å². The number of piperidine rings is 1. The summed E-state index contributed by atoms with van der Waals surface area (Å²) in [5, 5.41) is 5.20.